The first-order valence-electron chi connectivity index (χ1n) is 7.74. The molecule has 0 radical (unpaired) electrons. The maximum atomic E-state index is 12.4. The molecule has 3 heterocycles. The molecule has 0 saturated heterocycles. The Morgan fingerprint density at radius 3 is 2.93 bits per heavy atom. The molecule has 1 aromatic carbocycles. The lowest BCUT2D eigenvalue weighted by atomic mass is 10.2. The molecule has 0 aliphatic rings. The number of thiazole rings is 1. The Morgan fingerprint density at radius 1 is 1.30 bits per heavy atom. The highest BCUT2D eigenvalue weighted by Crippen LogP contribution is 2.26. The molecule has 0 aliphatic carbocycles. The number of fused-ring (bicyclic) bond motifs is 1. The van der Waals surface area contributed by atoms with Gasteiger partial charge in [-0.05, 0) is 35.6 Å². The Bertz CT molecular complexity index is 1160. The molecule has 12 heteroatoms. The third-order valence-corrected chi connectivity index (χ3v) is 4.55. The number of carbonyl (C=O) groups excluding carboxylic acids is 1. The van der Waals surface area contributed by atoms with E-state index < -0.39 is 16.8 Å². The molecule has 0 saturated carbocycles. The van der Waals surface area contributed by atoms with Gasteiger partial charge < -0.3 is 10.1 Å². The van der Waals surface area contributed by atoms with E-state index in [1.807, 2.05) is 25.1 Å². The molecule has 0 atom stereocenters. The molecule has 0 fully saturated rings. The molecule has 136 valence electrons. The quantitative estimate of drug-likeness (QED) is 0.411. The number of hydrogen-bond donors (Lipinski definition) is 1. The highest BCUT2D eigenvalue weighted by molar-refractivity contribution is 7.22. The Balaban J connectivity index is 1.46. The summed E-state index contributed by atoms with van der Waals surface area (Å²) < 4.78 is 3.67. The molecule has 11 nitrogen and oxygen atoms in total. The lowest BCUT2D eigenvalue weighted by Crippen LogP contribution is -2.14. The molecule has 27 heavy (non-hydrogen) atoms. The second-order valence-electron chi connectivity index (χ2n) is 5.67. The van der Waals surface area contributed by atoms with Crippen molar-refractivity contribution in [2.75, 3.05) is 5.32 Å². The number of benzene rings is 1. The van der Waals surface area contributed by atoms with E-state index in [9.17, 15) is 14.9 Å². The molecular formula is C15H12N8O3S. The van der Waals surface area contributed by atoms with Gasteiger partial charge in [0.15, 0.2) is 17.5 Å². The van der Waals surface area contributed by atoms with Crippen LogP contribution >= 0.6 is 11.3 Å². The van der Waals surface area contributed by atoms with Crippen LogP contribution in [0.25, 0.3) is 10.2 Å². The van der Waals surface area contributed by atoms with E-state index in [0.717, 1.165) is 15.8 Å². The first-order valence-corrected chi connectivity index (χ1v) is 8.55. The van der Waals surface area contributed by atoms with Gasteiger partial charge in [-0.1, -0.05) is 22.4 Å². The average molecular weight is 384 g/mol. The molecule has 1 N–H and O–H groups in total. The highest BCUT2D eigenvalue weighted by atomic mass is 32.1. The van der Waals surface area contributed by atoms with E-state index in [-0.39, 0.29) is 12.4 Å². The van der Waals surface area contributed by atoms with Gasteiger partial charge in [0.05, 0.1) is 10.2 Å². The number of aromatic nitrogens is 6. The predicted octanol–water partition coefficient (Wildman–Crippen LogP) is 2.06. The van der Waals surface area contributed by atoms with Crippen LogP contribution in [-0.2, 0) is 6.67 Å². The number of carbonyl (C=O) groups is 1. The van der Waals surface area contributed by atoms with Crippen LogP contribution < -0.4 is 5.32 Å². The monoisotopic (exact) mass is 384 g/mol. The molecule has 0 unspecified atom stereocenters. The predicted molar refractivity (Wildman–Crippen MR) is 96.6 cm³/mol. The lowest BCUT2D eigenvalue weighted by molar-refractivity contribution is -0.394. The van der Waals surface area contributed by atoms with E-state index in [4.69, 9.17) is 0 Å². The minimum absolute atomic E-state index is 0.0918. The second-order valence-corrected chi connectivity index (χ2v) is 6.70. The zero-order valence-corrected chi connectivity index (χ0v) is 14.8. The molecule has 4 rings (SSSR count). The third-order valence-electron chi connectivity index (χ3n) is 3.62. The first kappa shape index (κ1) is 16.8. The smallest absolute Gasteiger partial charge is 0.390 e. The van der Waals surface area contributed by atoms with Crippen molar-refractivity contribution < 1.29 is 9.72 Å². The third kappa shape index (κ3) is 3.50. The minimum Gasteiger partial charge on any atom is -0.390 e. The fourth-order valence-corrected chi connectivity index (χ4v) is 3.35. The summed E-state index contributed by atoms with van der Waals surface area (Å²) in [5.41, 5.74) is 2.13. The molecule has 1 amide bonds. The van der Waals surface area contributed by atoms with Gasteiger partial charge in [-0.15, -0.1) is 0 Å². The molecular weight excluding hydrogens is 372 g/mol. The summed E-state index contributed by atoms with van der Waals surface area (Å²) >= 11 is 1.39. The van der Waals surface area contributed by atoms with Crippen molar-refractivity contribution in [2.24, 2.45) is 0 Å². The molecule has 0 bridgehead atoms. The maximum Gasteiger partial charge on any atom is 0.491 e. The number of amides is 1. The molecule has 0 spiro atoms. The summed E-state index contributed by atoms with van der Waals surface area (Å²) in [7, 11) is 0. The standard InChI is InChI=1S/C15H12N8O3S/c1-9-2-3-10-12(6-9)27-15(17-10)18-13(24)11-4-5-21(19-11)8-22-7-16-14(20-22)23(25)26/h2-7H,8H2,1H3,(H,17,18,24). The molecule has 4 aromatic rings. The van der Waals surface area contributed by atoms with Gasteiger partial charge in [-0.25, -0.2) is 9.67 Å². The number of nitrogens with one attached hydrogen (secondary N) is 1. The summed E-state index contributed by atoms with van der Waals surface area (Å²) in [5.74, 6) is -0.889. The minimum atomic E-state index is -0.683. The van der Waals surface area contributed by atoms with E-state index >= 15 is 0 Å². The van der Waals surface area contributed by atoms with E-state index in [0.29, 0.717) is 5.13 Å². The Labute approximate surface area is 155 Å². The van der Waals surface area contributed by atoms with Crippen LogP contribution in [0.1, 0.15) is 16.1 Å². The normalized spacial score (nSPS) is 11.0. The average Bonchev–Trinajstić information content (AvgIpc) is 3.34. The van der Waals surface area contributed by atoms with Crippen LogP contribution in [-0.4, -0.2) is 40.4 Å². The van der Waals surface area contributed by atoms with Crippen molar-refractivity contribution >= 4 is 38.5 Å². The van der Waals surface area contributed by atoms with Gasteiger partial charge in [0, 0.05) is 11.3 Å². The van der Waals surface area contributed by atoms with E-state index in [1.54, 1.807) is 6.20 Å². The van der Waals surface area contributed by atoms with E-state index in [2.05, 4.69) is 25.5 Å². The highest BCUT2D eigenvalue weighted by Gasteiger charge is 2.15. The summed E-state index contributed by atoms with van der Waals surface area (Å²) in [5, 5.41) is 21.7. The van der Waals surface area contributed by atoms with Crippen molar-refractivity contribution in [2.45, 2.75) is 13.6 Å². The van der Waals surface area contributed by atoms with Crippen molar-refractivity contribution in [3.63, 3.8) is 0 Å². The van der Waals surface area contributed by atoms with Crippen LogP contribution in [0, 0.1) is 17.0 Å². The summed E-state index contributed by atoms with van der Waals surface area (Å²) in [6.45, 7) is 2.09. The summed E-state index contributed by atoms with van der Waals surface area (Å²) in [4.78, 5) is 30.2. The largest absolute Gasteiger partial charge is 0.491 e. The molecule has 0 aliphatic heterocycles. The number of nitrogens with zero attached hydrogens (tertiary/aromatic N) is 7. The fraction of sp³-hybridized carbons (Fsp3) is 0.133. The van der Waals surface area contributed by atoms with Gasteiger partial charge in [0.2, 0.25) is 6.33 Å². The zero-order valence-electron chi connectivity index (χ0n) is 13.9. The van der Waals surface area contributed by atoms with Gasteiger partial charge >= 0.3 is 5.95 Å². The zero-order chi connectivity index (χ0) is 19.0. The van der Waals surface area contributed by atoms with Crippen molar-refractivity contribution in [3.05, 3.63) is 58.2 Å². The van der Waals surface area contributed by atoms with E-state index in [1.165, 1.54) is 33.1 Å². The van der Waals surface area contributed by atoms with Crippen molar-refractivity contribution in [3.8, 4) is 0 Å². The SMILES string of the molecule is Cc1ccc2nc(NC(=O)c3ccn(Cn4cnc([N+](=O)[O-])n4)n3)sc2c1. The number of rotatable bonds is 5. The van der Waals surface area contributed by atoms with Gasteiger partial charge in [0.25, 0.3) is 5.91 Å². The van der Waals surface area contributed by atoms with Gasteiger partial charge in [0.1, 0.15) is 0 Å². The number of aryl methyl sites for hydroxylation is 1. The number of hydrogen-bond acceptors (Lipinski definition) is 8. The first-order chi connectivity index (χ1) is 13.0. The number of nitro groups is 1. The lowest BCUT2D eigenvalue weighted by Gasteiger charge is -1.99. The number of anilines is 1. The Kier molecular flexibility index (Phi) is 4.08. The Morgan fingerprint density at radius 2 is 2.15 bits per heavy atom. The summed E-state index contributed by atoms with van der Waals surface area (Å²) in [6, 6.07) is 7.42. The van der Waals surface area contributed by atoms with Gasteiger partial charge in [-0.2, -0.15) is 9.78 Å². The molecule has 3 aromatic heterocycles. The van der Waals surface area contributed by atoms with Crippen LogP contribution in [0.2, 0.25) is 0 Å². The second kappa shape index (κ2) is 6.57. The Hall–Kier alpha value is -3.67. The topological polar surface area (TPSA) is 134 Å². The maximum absolute atomic E-state index is 12.4. The fourth-order valence-electron chi connectivity index (χ4n) is 2.39. The summed E-state index contributed by atoms with van der Waals surface area (Å²) in [6.07, 6.45) is 2.80. The van der Waals surface area contributed by atoms with Crippen molar-refractivity contribution in [1.82, 2.24) is 29.5 Å². The van der Waals surface area contributed by atoms with Crippen molar-refractivity contribution in [1.29, 1.82) is 0 Å². The van der Waals surface area contributed by atoms with Crippen LogP contribution in [0.5, 0.6) is 0 Å². The van der Waals surface area contributed by atoms with Gasteiger partial charge in [-0.3, -0.25) is 10.1 Å². The van der Waals surface area contributed by atoms with Crippen LogP contribution in [0.15, 0.2) is 36.8 Å². The van der Waals surface area contributed by atoms with Crippen LogP contribution in [0.4, 0.5) is 11.1 Å². The van der Waals surface area contributed by atoms with Crippen LogP contribution in [0.3, 0.4) is 0 Å².